The first-order chi connectivity index (χ1) is 9.97. The topological polar surface area (TPSA) is 81.6 Å². The van der Waals surface area contributed by atoms with Crippen molar-refractivity contribution in [1.29, 1.82) is 0 Å². The number of nitrogens with two attached hydrogens (primary N) is 1. The molecular weight excluding hydrogens is 301 g/mol. The van der Waals surface area contributed by atoms with Crippen LogP contribution >= 0.6 is 11.6 Å². The van der Waals surface area contributed by atoms with Crippen molar-refractivity contribution in [1.82, 2.24) is 0 Å². The quantitative estimate of drug-likeness (QED) is 0.681. The Morgan fingerprint density at radius 3 is 2.90 bits per heavy atom. The Balaban J connectivity index is 2.40. The van der Waals surface area contributed by atoms with Crippen LogP contribution in [0.15, 0.2) is 12.1 Å². The van der Waals surface area contributed by atoms with Crippen LogP contribution in [0.1, 0.15) is 12.8 Å². The second-order valence-corrected chi connectivity index (χ2v) is 5.38. The van der Waals surface area contributed by atoms with E-state index >= 15 is 0 Å². The fourth-order valence-corrected chi connectivity index (χ4v) is 2.83. The molecule has 6 nitrogen and oxygen atoms in total. The second kappa shape index (κ2) is 6.55. The molecule has 2 atom stereocenters. The molecule has 116 valence electrons. The highest BCUT2D eigenvalue weighted by Crippen LogP contribution is 2.36. The number of hydrogen-bond donors (Lipinski definition) is 1. The van der Waals surface area contributed by atoms with Gasteiger partial charge in [-0.15, -0.1) is 0 Å². The van der Waals surface area contributed by atoms with Crippen LogP contribution in [0.3, 0.4) is 0 Å². The van der Waals surface area contributed by atoms with Gasteiger partial charge in [-0.05, 0) is 12.8 Å². The largest absolute Gasteiger partial charge is 0.381 e. The molecule has 0 radical (unpaired) electrons. The van der Waals surface area contributed by atoms with E-state index in [1.807, 2.05) is 0 Å². The normalized spacial score (nSPS) is 22.4. The molecule has 1 fully saturated rings. The van der Waals surface area contributed by atoms with Crippen LogP contribution in [0, 0.1) is 15.9 Å². The summed E-state index contributed by atoms with van der Waals surface area (Å²) >= 11 is 5.64. The molecule has 1 saturated heterocycles. The van der Waals surface area contributed by atoms with Crippen molar-refractivity contribution in [2.75, 3.05) is 25.1 Å². The van der Waals surface area contributed by atoms with Gasteiger partial charge in [0.25, 0.3) is 5.69 Å². The van der Waals surface area contributed by atoms with Gasteiger partial charge in [0, 0.05) is 38.4 Å². The van der Waals surface area contributed by atoms with Crippen molar-refractivity contribution >= 4 is 23.0 Å². The number of rotatable bonds is 4. The Morgan fingerprint density at radius 1 is 1.62 bits per heavy atom. The number of ether oxygens (including phenoxy) is 1. The van der Waals surface area contributed by atoms with E-state index in [1.165, 1.54) is 0 Å². The lowest BCUT2D eigenvalue weighted by Gasteiger charge is -2.39. The zero-order valence-corrected chi connectivity index (χ0v) is 12.3. The number of methoxy groups -OCH3 is 1. The maximum Gasteiger partial charge on any atom is 0.294 e. The fraction of sp³-hybridized carbons (Fsp3) is 0.538. The van der Waals surface area contributed by atoms with Gasteiger partial charge in [0.05, 0.1) is 16.0 Å². The van der Waals surface area contributed by atoms with Gasteiger partial charge >= 0.3 is 0 Å². The zero-order chi connectivity index (χ0) is 15.6. The molecule has 1 aromatic carbocycles. The van der Waals surface area contributed by atoms with Gasteiger partial charge in [-0.1, -0.05) is 11.6 Å². The Kier molecular flexibility index (Phi) is 4.97. The first-order valence-corrected chi connectivity index (χ1v) is 6.98. The minimum absolute atomic E-state index is 0.0611. The van der Waals surface area contributed by atoms with E-state index in [-0.39, 0.29) is 28.5 Å². The standard InChI is InChI=1S/C13H17ClFN3O3/c1-21-9-2-3-17(8(4-9)7-16)12-6-11(15)10(14)5-13(12)18(19)20/h5-6,8-9H,2-4,7,16H2,1H3. The average Bonchev–Trinajstić information content (AvgIpc) is 2.48. The molecule has 0 spiro atoms. The summed E-state index contributed by atoms with van der Waals surface area (Å²) in [5.74, 6) is -0.679. The van der Waals surface area contributed by atoms with Crippen LogP contribution in [0.4, 0.5) is 15.8 Å². The number of benzene rings is 1. The third kappa shape index (κ3) is 3.25. The van der Waals surface area contributed by atoms with E-state index in [0.717, 1.165) is 12.1 Å². The summed E-state index contributed by atoms with van der Waals surface area (Å²) in [7, 11) is 1.62. The molecule has 0 bridgehead atoms. The molecular formula is C13H17ClFN3O3. The molecule has 2 unspecified atom stereocenters. The maximum absolute atomic E-state index is 13.7. The number of hydrogen-bond acceptors (Lipinski definition) is 5. The molecule has 0 saturated carbocycles. The molecule has 1 aromatic rings. The van der Waals surface area contributed by atoms with E-state index in [9.17, 15) is 14.5 Å². The van der Waals surface area contributed by atoms with Crippen molar-refractivity contribution in [3.63, 3.8) is 0 Å². The van der Waals surface area contributed by atoms with E-state index in [1.54, 1.807) is 12.0 Å². The lowest BCUT2D eigenvalue weighted by Crippen LogP contribution is -2.49. The average molecular weight is 318 g/mol. The van der Waals surface area contributed by atoms with Crippen molar-refractivity contribution in [2.24, 2.45) is 5.73 Å². The Morgan fingerprint density at radius 2 is 2.33 bits per heavy atom. The number of anilines is 1. The van der Waals surface area contributed by atoms with E-state index in [4.69, 9.17) is 22.1 Å². The number of nitro benzene ring substituents is 1. The number of nitrogens with zero attached hydrogens (tertiary/aromatic N) is 2. The molecule has 8 heteroatoms. The van der Waals surface area contributed by atoms with Gasteiger partial charge in [-0.3, -0.25) is 10.1 Å². The summed E-state index contributed by atoms with van der Waals surface area (Å²) in [5.41, 5.74) is 5.76. The highest BCUT2D eigenvalue weighted by Gasteiger charge is 2.32. The van der Waals surface area contributed by atoms with Crippen LogP contribution in [0.2, 0.25) is 5.02 Å². The molecule has 0 aromatic heterocycles. The minimum Gasteiger partial charge on any atom is -0.381 e. The van der Waals surface area contributed by atoms with Gasteiger partial charge in [-0.25, -0.2) is 4.39 Å². The summed E-state index contributed by atoms with van der Waals surface area (Å²) in [6, 6.07) is 2.02. The molecule has 0 amide bonds. The SMILES string of the molecule is COC1CCN(c2cc(F)c(Cl)cc2[N+](=O)[O-])C(CN)C1. The van der Waals surface area contributed by atoms with Crippen LogP contribution < -0.4 is 10.6 Å². The summed E-state index contributed by atoms with van der Waals surface area (Å²) in [4.78, 5) is 12.4. The van der Waals surface area contributed by atoms with Crippen LogP contribution in [0.5, 0.6) is 0 Å². The van der Waals surface area contributed by atoms with Crippen LogP contribution in [-0.2, 0) is 4.74 Å². The Labute approximate surface area is 126 Å². The zero-order valence-electron chi connectivity index (χ0n) is 11.6. The minimum atomic E-state index is -0.679. The Bertz CT molecular complexity index is 544. The predicted octanol–water partition coefficient (Wildman–Crippen LogP) is 2.33. The van der Waals surface area contributed by atoms with Gasteiger partial charge < -0.3 is 15.4 Å². The lowest BCUT2D eigenvalue weighted by molar-refractivity contribution is -0.384. The molecule has 1 aliphatic rings. The summed E-state index contributed by atoms with van der Waals surface area (Å²) in [6.45, 7) is 0.823. The highest BCUT2D eigenvalue weighted by molar-refractivity contribution is 6.31. The van der Waals surface area contributed by atoms with Gasteiger partial charge in [0.2, 0.25) is 0 Å². The number of nitro groups is 1. The third-order valence-electron chi connectivity index (χ3n) is 3.80. The highest BCUT2D eigenvalue weighted by atomic mass is 35.5. The monoisotopic (exact) mass is 317 g/mol. The smallest absolute Gasteiger partial charge is 0.294 e. The predicted molar refractivity (Wildman–Crippen MR) is 78.3 cm³/mol. The molecule has 0 aliphatic carbocycles. The van der Waals surface area contributed by atoms with Gasteiger partial charge in [0.1, 0.15) is 11.5 Å². The third-order valence-corrected chi connectivity index (χ3v) is 4.09. The summed E-state index contributed by atoms with van der Waals surface area (Å²) in [6.07, 6.45) is 1.41. The van der Waals surface area contributed by atoms with E-state index in [2.05, 4.69) is 0 Å². The second-order valence-electron chi connectivity index (χ2n) is 4.98. The van der Waals surface area contributed by atoms with E-state index in [0.29, 0.717) is 25.9 Å². The maximum atomic E-state index is 13.7. The van der Waals surface area contributed by atoms with Crippen molar-refractivity contribution in [3.8, 4) is 0 Å². The number of halogens is 2. The van der Waals surface area contributed by atoms with E-state index < -0.39 is 10.7 Å². The van der Waals surface area contributed by atoms with Gasteiger partial charge in [0.15, 0.2) is 0 Å². The van der Waals surface area contributed by atoms with Crippen molar-refractivity contribution < 1.29 is 14.1 Å². The lowest BCUT2D eigenvalue weighted by atomic mass is 9.98. The Hall–Kier alpha value is -1.44. The first kappa shape index (κ1) is 15.9. The summed E-state index contributed by atoms with van der Waals surface area (Å²) in [5, 5.41) is 10.9. The van der Waals surface area contributed by atoms with Crippen LogP contribution in [0.25, 0.3) is 0 Å². The van der Waals surface area contributed by atoms with Crippen molar-refractivity contribution in [3.05, 3.63) is 33.1 Å². The molecule has 1 heterocycles. The van der Waals surface area contributed by atoms with Crippen molar-refractivity contribution in [2.45, 2.75) is 25.0 Å². The molecule has 1 aliphatic heterocycles. The van der Waals surface area contributed by atoms with Crippen LogP contribution in [-0.4, -0.2) is 37.3 Å². The summed E-state index contributed by atoms with van der Waals surface area (Å²) < 4.78 is 19.0. The first-order valence-electron chi connectivity index (χ1n) is 6.60. The fourth-order valence-electron chi connectivity index (χ4n) is 2.67. The van der Waals surface area contributed by atoms with Gasteiger partial charge in [-0.2, -0.15) is 0 Å². The molecule has 2 N–H and O–H groups in total. The molecule has 2 rings (SSSR count). The number of piperidine rings is 1. The molecule has 21 heavy (non-hydrogen) atoms.